The van der Waals surface area contributed by atoms with Crippen molar-refractivity contribution in [3.63, 3.8) is 0 Å². The van der Waals surface area contributed by atoms with Gasteiger partial charge in [-0.3, -0.25) is 0 Å². The van der Waals surface area contributed by atoms with Gasteiger partial charge in [0.05, 0.1) is 50.4 Å². The number of rotatable bonds is 17. The maximum Gasteiger partial charge on any atom is 0.416 e. The quantitative estimate of drug-likeness (QED) is 0.0673. The van der Waals surface area contributed by atoms with Crippen LogP contribution in [0.2, 0.25) is 0 Å². The van der Waals surface area contributed by atoms with Crippen LogP contribution in [0.5, 0.6) is 11.5 Å². The second-order valence-electron chi connectivity index (χ2n) is 15.8. The van der Waals surface area contributed by atoms with Gasteiger partial charge in [0, 0.05) is 22.3 Å². The minimum atomic E-state index is -4.47. The minimum absolute atomic E-state index is 0.0156. The molecule has 0 N–H and O–H groups in total. The fraction of sp³-hybridized carbons (Fsp3) is 0.360. The highest BCUT2D eigenvalue weighted by Crippen LogP contribution is 2.50. The van der Waals surface area contributed by atoms with E-state index in [0.29, 0.717) is 35.7 Å². The standard InChI is InChI=1S/C50H56F6N2O2/c1-7-57(8-2,9-3)31-39-29-37-17-13-15-19-43(37)45(47(39)59-33-35-21-25-41(26-22-35)49(51,52)53)46-44-20-16-14-18-38(44)30-40(32-58(10-4,11-5)12-6)48(46)60-34-36-23-27-42(28-24-36)50(54,55)56/h13-30H,7-12,31-34H2,1-6H3/q+2. The summed E-state index contributed by atoms with van der Waals surface area (Å²) < 4.78 is 97.0. The highest BCUT2D eigenvalue weighted by molar-refractivity contribution is 6.10. The molecule has 0 saturated heterocycles. The number of hydrogen-bond donors (Lipinski definition) is 0. The van der Waals surface area contributed by atoms with Gasteiger partial charge in [-0.2, -0.15) is 26.3 Å². The van der Waals surface area contributed by atoms with Crippen LogP contribution in [0.15, 0.2) is 109 Å². The molecule has 10 heteroatoms. The Morgan fingerprint density at radius 2 is 0.750 bits per heavy atom. The molecule has 0 heterocycles. The highest BCUT2D eigenvalue weighted by atomic mass is 19.4. The lowest BCUT2D eigenvalue weighted by molar-refractivity contribution is -0.936. The second kappa shape index (κ2) is 18.3. The molecule has 0 radical (unpaired) electrons. The largest absolute Gasteiger partial charge is 0.488 e. The van der Waals surface area contributed by atoms with Gasteiger partial charge in [-0.15, -0.1) is 0 Å². The Morgan fingerprint density at radius 1 is 0.433 bits per heavy atom. The first kappa shape index (κ1) is 44.5. The normalized spacial score (nSPS) is 12.7. The molecule has 4 nitrogen and oxygen atoms in total. The molecule has 6 rings (SSSR count). The van der Waals surface area contributed by atoms with Gasteiger partial charge >= 0.3 is 12.4 Å². The molecule has 0 saturated carbocycles. The summed E-state index contributed by atoms with van der Waals surface area (Å²) >= 11 is 0. The van der Waals surface area contributed by atoms with Crippen LogP contribution < -0.4 is 9.47 Å². The van der Waals surface area contributed by atoms with E-state index in [1.165, 1.54) is 24.3 Å². The minimum Gasteiger partial charge on any atom is -0.488 e. The molecule has 0 spiro atoms. The summed E-state index contributed by atoms with van der Waals surface area (Å²) in [6.45, 7) is 19.7. The zero-order chi connectivity index (χ0) is 43.3. The molecule has 0 unspecified atom stereocenters. The number of fused-ring (bicyclic) bond motifs is 2. The Labute approximate surface area is 350 Å². The highest BCUT2D eigenvalue weighted by Gasteiger charge is 2.33. The average molecular weight is 831 g/mol. The smallest absolute Gasteiger partial charge is 0.416 e. The van der Waals surface area contributed by atoms with E-state index >= 15 is 0 Å². The lowest BCUT2D eigenvalue weighted by atomic mass is 9.88. The van der Waals surface area contributed by atoms with Gasteiger partial charge in [0.2, 0.25) is 0 Å². The predicted octanol–water partition coefficient (Wildman–Crippen LogP) is 13.6. The van der Waals surface area contributed by atoms with Gasteiger partial charge in [-0.1, -0.05) is 72.8 Å². The molecule has 0 aromatic heterocycles. The summed E-state index contributed by atoms with van der Waals surface area (Å²) in [5, 5.41) is 3.81. The first-order chi connectivity index (χ1) is 28.6. The number of nitrogens with zero attached hydrogens (tertiary/aromatic N) is 2. The molecule has 0 aliphatic rings. The van der Waals surface area contributed by atoms with Crippen molar-refractivity contribution in [3.05, 3.63) is 143 Å². The van der Waals surface area contributed by atoms with Gasteiger partial charge < -0.3 is 18.4 Å². The van der Waals surface area contributed by atoms with E-state index in [4.69, 9.17) is 9.47 Å². The molecule has 0 aliphatic carbocycles. The van der Waals surface area contributed by atoms with Crippen molar-refractivity contribution >= 4 is 21.5 Å². The third-order valence-electron chi connectivity index (χ3n) is 12.8. The van der Waals surface area contributed by atoms with E-state index in [1.807, 2.05) is 24.3 Å². The molecule has 318 valence electrons. The Kier molecular flexibility index (Phi) is 13.6. The van der Waals surface area contributed by atoms with Crippen molar-refractivity contribution in [2.24, 2.45) is 0 Å². The van der Waals surface area contributed by atoms with Gasteiger partial charge in [0.25, 0.3) is 0 Å². The van der Waals surface area contributed by atoms with Crippen molar-refractivity contribution in [2.45, 2.75) is 80.2 Å². The first-order valence-electron chi connectivity index (χ1n) is 21.0. The van der Waals surface area contributed by atoms with E-state index in [-0.39, 0.29) is 13.2 Å². The summed E-state index contributed by atoms with van der Waals surface area (Å²) in [5.41, 5.74) is 3.25. The van der Waals surface area contributed by atoms with Crippen LogP contribution in [0.4, 0.5) is 26.3 Å². The van der Waals surface area contributed by atoms with Crippen LogP contribution >= 0.6 is 0 Å². The maximum atomic E-state index is 13.6. The number of quaternary nitrogens is 2. The molecule has 0 amide bonds. The van der Waals surface area contributed by atoms with Gasteiger partial charge in [-0.05, 0) is 111 Å². The molecule has 6 aromatic rings. The number of benzene rings is 6. The Bertz CT molecular complexity index is 2190. The summed E-state index contributed by atoms with van der Waals surface area (Å²) in [4.78, 5) is 0. The topological polar surface area (TPSA) is 18.5 Å². The molecule has 0 atom stereocenters. The molecule has 60 heavy (non-hydrogen) atoms. The summed E-state index contributed by atoms with van der Waals surface area (Å²) in [6, 6.07) is 30.8. The summed E-state index contributed by atoms with van der Waals surface area (Å²) in [7, 11) is 0. The van der Waals surface area contributed by atoms with E-state index < -0.39 is 23.5 Å². The third kappa shape index (κ3) is 9.45. The van der Waals surface area contributed by atoms with Crippen molar-refractivity contribution < 1.29 is 44.8 Å². The van der Waals surface area contributed by atoms with Crippen LogP contribution in [-0.2, 0) is 38.7 Å². The molecular formula is C50H56F6N2O2+2. The van der Waals surface area contributed by atoms with E-state index in [0.717, 1.165) is 116 Å². The molecule has 6 aromatic carbocycles. The number of alkyl halides is 6. The maximum absolute atomic E-state index is 13.6. The van der Waals surface area contributed by atoms with Crippen LogP contribution in [0.3, 0.4) is 0 Å². The fourth-order valence-electron chi connectivity index (χ4n) is 8.46. The zero-order valence-electron chi connectivity index (χ0n) is 35.4. The fourth-order valence-corrected chi connectivity index (χ4v) is 8.46. The number of ether oxygens (including phenoxy) is 2. The van der Waals surface area contributed by atoms with Crippen LogP contribution in [-0.4, -0.2) is 48.2 Å². The molecular weight excluding hydrogens is 775 g/mol. The van der Waals surface area contributed by atoms with Crippen LogP contribution in [0.25, 0.3) is 32.7 Å². The summed E-state index contributed by atoms with van der Waals surface area (Å²) in [5.74, 6) is 1.24. The molecule has 0 fully saturated rings. The van der Waals surface area contributed by atoms with Crippen molar-refractivity contribution in [3.8, 4) is 22.6 Å². The zero-order valence-corrected chi connectivity index (χ0v) is 35.4. The van der Waals surface area contributed by atoms with E-state index in [2.05, 4.69) is 77.9 Å². The molecule has 0 bridgehead atoms. The van der Waals surface area contributed by atoms with Crippen molar-refractivity contribution in [1.82, 2.24) is 0 Å². The van der Waals surface area contributed by atoms with Gasteiger partial charge in [0.1, 0.15) is 37.8 Å². The predicted molar refractivity (Wildman–Crippen MR) is 230 cm³/mol. The second-order valence-corrected chi connectivity index (χ2v) is 15.8. The molecule has 0 aliphatic heterocycles. The van der Waals surface area contributed by atoms with E-state index in [1.54, 1.807) is 0 Å². The lowest BCUT2D eigenvalue weighted by Crippen LogP contribution is -2.46. The van der Waals surface area contributed by atoms with Gasteiger partial charge in [-0.25, -0.2) is 0 Å². The third-order valence-corrected chi connectivity index (χ3v) is 12.8. The Morgan fingerprint density at radius 3 is 1.05 bits per heavy atom. The SMILES string of the molecule is CC[N+](CC)(CC)Cc1cc2ccccc2c(-c2c(OCc3ccc(C(F)(F)F)cc3)c(C[N+](CC)(CC)CC)cc3ccccc23)c1OCc1ccc(C(F)(F)F)cc1. The Balaban J connectivity index is 1.67. The van der Waals surface area contributed by atoms with Gasteiger partial charge in [0.15, 0.2) is 0 Å². The summed E-state index contributed by atoms with van der Waals surface area (Å²) in [6.07, 6.45) is -8.93. The van der Waals surface area contributed by atoms with Crippen molar-refractivity contribution in [2.75, 3.05) is 39.3 Å². The first-order valence-corrected chi connectivity index (χ1v) is 21.0. The van der Waals surface area contributed by atoms with Crippen LogP contribution in [0.1, 0.15) is 74.9 Å². The van der Waals surface area contributed by atoms with E-state index in [9.17, 15) is 26.3 Å². The average Bonchev–Trinajstić information content (AvgIpc) is 3.25. The Hall–Kier alpha value is -5.06. The lowest BCUT2D eigenvalue weighted by Gasteiger charge is -2.37. The number of halogens is 6. The monoisotopic (exact) mass is 830 g/mol. The van der Waals surface area contributed by atoms with Crippen molar-refractivity contribution in [1.29, 1.82) is 0 Å². The number of hydrogen-bond acceptors (Lipinski definition) is 2. The van der Waals surface area contributed by atoms with Crippen LogP contribution in [0, 0.1) is 0 Å².